The Labute approximate surface area is 179 Å². The Morgan fingerprint density at radius 3 is 2.48 bits per heavy atom. The van der Waals surface area contributed by atoms with E-state index in [0.29, 0.717) is 31.5 Å². The van der Waals surface area contributed by atoms with Crippen LogP contribution >= 0.6 is 0 Å². The molecule has 0 aliphatic rings. The number of hydrogen-bond acceptors (Lipinski definition) is 4. The van der Waals surface area contributed by atoms with Gasteiger partial charge in [-0.25, -0.2) is 14.2 Å². The van der Waals surface area contributed by atoms with E-state index in [2.05, 4.69) is 10.3 Å². The number of aromatic carboxylic acids is 1. The molecule has 0 spiro atoms. The second-order valence-corrected chi connectivity index (χ2v) is 7.38. The molecule has 1 heterocycles. The molecule has 162 valence electrons. The molecule has 1 atom stereocenters. The molecule has 0 aliphatic heterocycles. The molecule has 0 unspecified atom stereocenters. The number of imidazole rings is 1. The number of hydrogen-bond donors (Lipinski definition) is 3. The van der Waals surface area contributed by atoms with E-state index in [-0.39, 0.29) is 16.8 Å². The van der Waals surface area contributed by atoms with E-state index in [1.165, 1.54) is 12.1 Å². The normalized spacial score (nSPS) is 11.9. The van der Waals surface area contributed by atoms with E-state index in [1.54, 1.807) is 12.1 Å². The summed E-state index contributed by atoms with van der Waals surface area (Å²) in [5.41, 5.74) is 1.78. The molecule has 2 aromatic carbocycles. The fourth-order valence-corrected chi connectivity index (χ4v) is 3.60. The topological polar surface area (TPSA) is 108 Å². The number of carboxylic acids is 1. The van der Waals surface area contributed by atoms with E-state index >= 15 is 0 Å². The molecule has 8 heteroatoms. The summed E-state index contributed by atoms with van der Waals surface area (Å²) >= 11 is 0. The van der Waals surface area contributed by atoms with Gasteiger partial charge in [0.2, 0.25) is 0 Å². The number of benzene rings is 2. The highest BCUT2D eigenvalue weighted by atomic mass is 19.1. The molecule has 0 fully saturated rings. The van der Waals surface area contributed by atoms with Gasteiger partial charge in [-0.15, -0.1) is 0 Å². The fraction of sp³-hybridized carbons (Fsp3) is 0.304. The van der Waals surface area contributed by atoms with Gasteiger partial charge in [0.05, 0.1) is 28.2 Å². The molecular formula is C23H25FN4O3. The monoisotopic (exact) mass is 424 g/mol. The second-order valence-electron chi connectivity index (χ2n) is 7.38. The first-order chi connectivity index (χ1) is 14.9. The number of unbranched alkanes of at least 4 members (excludes halogenated alkanes) is 1. The Bertz CT molecular complexity index is 1110. The van der Waals surface area contributed by atoms with Gasteiger partial charge in [0, 0.05) is 12.8 Å². The minimum atomic E-state index is -1.17. The molecule has 3 N–H and O–H groups in total. The summed E-state index contributed by atoms with van der Waals surface area (Å²) < 4.78 is 14.4. The van der Waals surface area contributed by atoms with Gasteiger partial charge in [0.25, 0.3) is 5.91 Å². The number of fused-ring (bicyclic) bond motifs is 1. The average molecular weight is 424 g/mol. The Hall–Kier alpha value is -3.55. The highest BCUT2D eigenvalue weighted by Crippen LogP contribution is 2.24. The molecule has 0 bridgehead atoms. The highest BCUT2D eigenvalue weighted by molar-refractivity contribution is 6.04. The van der Waals surface area contributed by atoms with Gasteiger partial charge in [-0.05, 0) is 43.5 Å². The number of rotatable bonds is 10. The van der Waals surface area contributed by atoms with Crippen LogP contribution in [0.2, 0.25) is 0 Å². The Kier molecular flexibility index (Phi) is 7.12. The van der Waals surface area contributed by atoms with Gasteiger partial charge in [-0.2, -0.15) is 0 Å². The summed E-state index contributed by atoms with van der Waals surface area (Å²) in [6.07, 6.45) is 2.15. The van der Waals surface area contributed by atoms with Gasteiger partial charge >= 0.3 is 5.97 Å². The van der Waals surface area contributed by atoms with Crippen LogP contribution < -0.4 is 5.32 Å². The van der Waals surface area contributed by atoms with Crippen LogP contribution in [0, 0.1) is 5.41 Å². The molecule has 31 heavy (non-hydrogen) atoms. The lowest BCUT2D eigenvalue weighted by molar-refractivity contribution is 0.0690. The number of nitrogens with one attached hydrogen (secondary N) is 2. The first kappa shape index (κ1) is 22.1. The van der Waals surface area contributed by atoms with Crippen molar-refractivity contribution >= 4 is 28.6 Å². The maximum Gasteiger partial charge on any atom is 0.336 e. The minimum Gasteiger partial charge on any atom is -0.478 e. The van der Waals surface area contributed by atoms with Crippen LogP contribution in [0.4, 0.5) is 4.39 Å². The number of alkyl halides is 1. The van der Waals surface area contributed by atoms with Crippen LogP contribution in [0.5, 0.6) is 0 Å². The van der Waals surface area contributed by atoms with Crippen LogP contribution in [0.15, 0.2) is 48.5 Å². The van der Waals surface area contributed by atoms with Crippen molar-refractivity contribution in [3.63, 3.8) is 0 Å². The first-order valence-electron chi connectivity index (χ1n) is 10.1. The molecule has 3 rings (SSSR count). The third-order valence-electron chi connectivity index (χ3n) is 5.22. The summed E-state index contributed by atoms with van der Waals surface area (Å²) in [7, 11) is 1.87. The number of carboxylic acid groups (broad SMARTS) is 1. The van der Waals surface area contributed by atoms with Crippen molar-refractivity contribution in [3.8, 4) is 0 Å². The van der Waals surface area contributed by atoms with E-state index in [9.17, 15) is 19.1 Å². The Morgan fingerprint density at radius 1 is 1.13 bits per heavy atom. The summed E-state index contributed by atoms with van der Waals surface area (Å²) in [5.74, 6) is -1.01. The van der Waals surface area contributed by atoms with E-state index in [0.717, 1.165) is 11.0 Å². The SMILES string of the molecule is Cn1c([C@H](CCCCC(=N)CF)NC(=O)c2ccccc2C(=O)O)nc2ccccc21. The lowest BCUT2D eigenvalue weighted by Crippen LogP contribution is -2.31. The van der Waals surface area contributed by atoms with Crippen LogP contribution in [0.1, 0.15) is 58.3 Å². The fourth-order valence-electron chi connectivity index (χ4n) is 3.60. The van der Waals surface area contributed by atoms with Gasteiger partial charge in [0.15, 0.2) is 0 Å². The average Bonchev–Trinajstić information content (AvgIpc) is 3.12. The lowest BCUT2D eigenvalue weighted by Gasteiger charge is -2.19. The predicted molar refractivity (Wildman–Crippen MR) is 116 cm³/mol. The number of nitrogens with zero attached hydrogens (tertiary/aromatic N) is 2. The van der Waals surface area contributed by atoms with Gasteiger partial charge in [-0.3, -0.25) is 4.79 Å². The number of carbonyl (C=O) groups is 2. The number of aromatic nitrogens is 2. The zero-order valence-electron chi connectivity index (χ0n) is 17.3. The van der Waals surface area contributed by atoms with Gasteiger partial charge in [-0.1, -0.05) is 30.7 Å². The third-order valence-corrected chi connectivity index (χ3v) is 5.22. The van der Waals surface area contributed by atoms with Crippen LogP contribution in [-0.4, -0.2) is 38.9 Å². The summed E-state index contributed by atoms with van der Waals surface area (Å²) in [4.78, 5) is 29.2. The number of aryl methyl sites for hydroxylation is 1. The van der Waals surface area contributed by atoms with Crippen LogP contribution in [-0.2, 0) is 7.05 Å². The number of carbonyl (C=O) groups excluding carboxylic acids is 1. The quantitative estimate of drug-likeness (QED) is 0.333. The molecule has 0 saturated carbocycles. The largest absolute Gasteiger partial charge is 0.478 e. The van der Waals surface area contributed by atoms with E-state index < -0.39 is 24.6 Å². The summed E-state index contributed by atoms with van der Waals surface area (Å²) in [5, 5.41) is 19.8. The molecular weight excluding hydrogens is 399 g/mol. The zero-order valence-corrected chi connectivity index (χ0v) is 17.3. The second kappa shape index (κ2) is 9.97. The molecule has 0 saturated heterocycles. The highest BCUT2D eigenvalue weighted by Gasteiger charge is 2.23. The van der Waals surface area contributed by atoms with Crippen molar-refractivity contribution in [1.82, 2.24) is 14.9 Å². The molecule has 1 amide bonds. The standard InChI is InChI=1S/C23H25FN4O3/c1-28-20-13-7-6-11-18(20)26-21(28)19(12-5-2-8-15(25)14-24)27-22(29)16-9-3-4-10-17(16)23(30)31/h3-4,6-7,9-11,13,19,25H,2,5,8,12,14H2,1H3,(H,27,29)(H,30,31)/t19-/m0/s1. The van der Waals surface area contributed by atoms with Crippen LogP contribution in [0.3, 0.4) is 0 Å². The van der Waals surface area contributed by atoms with Crippen molar-refractivity contribution in [1.29, 1.82) is 5.41 Å². The number of amides is 1. The van der Waals surface area contributed by atoms with Gasteiger partial charge < -0.3 is 20.4 Å². The first-order valence-corrected chi connectivity index (χ1v) is 10.1. The molecule has 3 aromatic rings. The van der Waals surface area contributed by atoms with Crippen molar-refractivity contribution in [3.05, 3.63) is 65.5 Å². The van der Waals surface area contributed by atoms with Crippen molar-refractivity contribution in [2.75, 3.05) is 6.67 Å². The molecule has 0 aliphatic carbocycles. The van der Waals surface area contributed by atoms with E-state index in [4.69, 9.17) is 5.41 Å². The number of para-hydroxylation sites is 2. The van der Waals surface area contributed by atoms with Crippen molar-refractivity contribution in [2.45, 2.75) is 31.7 Å². The smallest absolute Gasteiger partial charge is 0.336 e. The zero-order chi connectivity index (χ0) is 22.4. The van der Waals surface area contributed by atoms with Crippen molar-refractivity contribution < 1.29 is 19.1 Å². The molecule has 1 aromatic heterocycles. The Morgan fingerprint density at radius 2 is 1.81 bits per heavy atom. The summed E-state index contributed by atoms with van der Waals surface area (Å²) in [6, 6.07) is 13.2. The van der Waals surface area contributed by atoms with Crippen molar-refractivity contribution in [2.24, 2.45) is 7.05 Å². The molecule has 0 radical (unpaired) electrons. The maximum atomic E-state index is 13.0. The predicted octanol–water partition coefficient (Wildman–Crippen LogP) is 4.29. The number of halogens is 1. The maximum absolute atomic E-state index is 13.0. The summed E-state index contributed by atoms with van der Waals surface area (Å²) in [6.45, 7) is -0.753. The molecule has 7 nitrogen and oxygen atoms in total. The lowest BCUT2D eigenvalue weighted by atomic mass is 10.0. The minimum absolute atomic E-state index is 0.0544. The van der Waals surface area contributed by atoms with E-state index in [1.807, 2.05) is 35.9 Å². The van der Waals surface area contributed by atoms with Gasteiger partial charge in [0.1, 0.15) is 12.5 Å². The third kappa shape index (κ3) is 5.14. The van der Waals surface area contributed by atoms with Crippen LogP contribution in [0.25, 0.3) is 11.0 Å². The Balaban J connectivity index is 1.86.